The Kier molecular flexibility index (Phi) is 5.89. The summed E-state index contributed by atoms with van der Waals surface area (Å²) in [5.41, 5.74) is 4.73. The van der Waals surface area contributed by atoms with Crippen molar-refractivity contribution in [1.82, 2.24) is 14.7 Å². The number of hydrogen-bond donors (Lipinski definition) is 0. The van der Waals surface area contributed by atoms with E-state index in [0.717, 1.165) is 45.2 Å². The molecule has 2 heterocycles. The first-order valence-corrected chi connectivity index (χ1v) is 13.1. The van der Waals surface area contributed by atoms with Gasteiger partial charge in [0.25, 0.3) is 5.91 Å². The van der Waals surface area contributed by atoms with Gasteiger partial charge in [0.2, 0.25) is 0 Å². The number of methoxy groups -OCH3 is 1. The van der Waals surface area contributed by atoms with Crippen LogP contribution in [0.1, 0.15) is 41.5 Å². The maximum atomic E-state index is 14.1. The van der Waals surface area contributed by atoms with Gasteiger partial charge in [0, 0.05) is 38.8 Å². The molecule has 0 radical (unpaired) electrons. The molecule has 2 fully saturated rings. The molecule has 184 valence electrons. The Bertz CT molecular complexity index is 1100. The molecule has 0 saturated carbocycles. The molecule has 1 spiro atoms. The molecule has 6 rings (SSSR count). The molecule has 2 aliphatic heterocycles. The summed E-state index contributed by atoms with van der Waals surface area (Å²) >= 11 is 0. The maximum Gasteiger partial charge on any atom is 0.328 e. The van der Waals surface area contributed by atoms with E-state index < -0.39 is 5.54 Å². The first kappa shape index (κ1) is 22.7. The summed E-state index contributed by atoms with van der Waals surface area (Å²) in [6.45, 7) is 2.62. The largest absolute Gasteiger partial charge is 0.383 e. The second kappa shape index (κ2) is 9.07. The fraction of sp³-hybridized carbons (Fsp3) is 0.517. The van der Waals surface area contributed by atoms with Gasteiger partial charge < -0.3 is 9.64 Å². The van der Waals surface area contributed by atoms with Crippen LogP contribution in [0.2, 0.25) is 0 Å². The van der Waals surface area contributed by atoms with Crippen molar-refractivity contribution in [2.45, 2.75) is 62.6 Å². The van der Waals surface area contributed by atoms with Gasteiger partial charge in [0.05, 0.1) is 6.61 Å². The summed E-state index contributed by atoms with van der Waals surface area (Å²) < 4.78 is 5.35. The molecule has 1 unspecified atom stereocenters. The van der Waals surface area contributed by atoms with Gasteiger partial charge >= 0.3 is 6.03 Å². The fourth-order valence-electron chi connectivity index (χ4n) is 7.01. The monoisotopic (exact) mass is 473 g/mol. The molecule has 2 aliphatic carbocycles. The molecule has 2 aromatic carbocycles. The minimum atomic E-state index is -0.729. The van der Waals surface area contributed by atoms with Crippen LogP contribution in [0.25, 0.3) is 0 Å². The summed E-state index contributed by atoms with van der Waals surface area (Å²) in [5.74, 6) is 0.0186. The Morgan fingerprint density at radius 1 is 0.857 bits per heavy atom. The quantitative estimate of drug-likeness (QED) is 0.625. The number of fused-ring (bicyclic) bond motifs is 2. The lowest BCUT2D eigenvalue weighted by molar-refractivity contribution is -0.137. The highest BCUT2D eigenvalue weighted by molar-refractivity contribution is 6.07. The smallest absolute Gasteiger partial charge is 0.328 e. The highest BCUT2D eigenvalue weighted by Crippen LogP contribution is 2.41. The third kappa shape index (κ3) is 3.78. The normalized spacial score (nSPS) is 24.3. The Hall–Kier alpha value is -2.70. The summed E-state index contributed by atoms with van der Waals surface area (Å²) in [5, 5.41) is 0. The zero-order valence-corrected chi connectivity index (χ0v) is 20.6. The van der Waals surface area contributed by atoms with Crippen LogP contribution in [-0.2, 0) is 35.2 Å². The van der Waals surface area contributed by atoms with Gasteiger partial charge in [-0.05, 0) is 67.2 Å². The minimum Gasteiger partial charge on any atom is -0.383 e. The van der Waals surface area contributed by atoms with E-state index in [1.165, 1.54) is 22.3 Å². The first-order chi connectivity index (χ1) is 17.1. The van der Waals surface area contributed by atoms with Crippen LogP contribution >= 0.6 is 0 Å². The van der Waals surface area contributed by atoms with Crippen molar-refractivity contribution in [1.29, 1.82) is 0 Å². The Labute approximate surface area is 207 Å². The summed E-state index contributed by atoms with van der Waals surface area (Å²) in [6, 6.07) is 17.4. The molecule has 2 aromatic rings. The van der Waals surface area contributed by atoms with Gasteiger partial charge in [0.15, 0.2) is 0 Å². The molecule has 4 aliphatic rings. The molecule has 6 nitrogen and oxygen atoms in total. The van der Waals surface area contributed by atoms with Crippen LogP contribution in [0.5, 0.6) is 0 Å². The lowest BCUT2D eigenvalue weighted by atomic mass is 9.82. The number of hydrogen-bond acceptors (Lipinski definition) is 4. The van der Waals surface area contributed by atoms with E-state index in [2.05, 4.69) is 41.3 Å². The molecule has 1 atom stereocenters. The summed E-state index contributed by atoms with van der Waals surface area (Å²) in [6.07, 6.45) is 6.29. The number of rotatable bonds is 5. The van der Waals surface area contributed by atoms with E-state index in [1.54, 1.807) is 12.0 Å². The topological polar surface area (TPSA) is 53.1 Å². The van der Waals surface area contributed by atoms with Gasteiger partial charge in [-0.3, -0.25) is 14.6 Å². The van der Waals surface area contributed by atoms with Gasteiger partial charge in [0.1, 0.15) is 5.54 Å². The Morgan fingerprint density at radius 2 is 1.43 bits per heavy atom. The Morgan fingerprint density at radius 3 is 2.06 bits per heavy atom. The van der Waals surface area contributed by atoms with Crippen LogP contribution in [-0.4, -0.2) is 77.6 Å². The number of likely N-dealkylation sites (tertiary alicyclic amines) is 1. The van der Waals surface area contributed by atoms with Crippen LogP contribution in [0.15, 0.2) is 48.5 Å². The average Bonchev–Trinajstić information content (AvgIpc) is 3.40. The van der Waals surface area contributed by atoms with E-state index >= 15 is 0 Å². The highest BCUT2D eigenvalue weighted by atomic mass is 16.5. The molecule has 2 saturated heterocycles. The molecule has 0 aromatic heterocycles. The SMILES string of the molecule is COCCN1C(=O)N(C2Cc3ccccc3C2)C(=O)C12CCN(C1CCc3ccccc3C1)CC2. The molecule has 35 heavy (non-hydrogen) atoms. The third-order valence-corrected chi connectivity index (χ3v) is 8.95. The number of amides is 3. The van der Waals surface area contributed by atoms with Crippen molar-refractivity contribution in [2.75, 3.05) is 33.4 Å². The zero-order valence-electron chi connectivity index (χ0n) is 20.6. The van der Waals surface area contributed by atoms with Gasteiger partial charge in [-0.2, -0.15) is 0 Å². The van der Waals surface area contributed by atoms with Crippen LogP contribution in [0.3, 0.4) is 0 Å². The second-order valence-corrected chi connectivity index (χ2v) is 10.7. The molecule has 6 heteroatoms. The van der Waals surface area contributed by atoms with Crippen molar-refractivity contribution in [2.24, 2.45) is 0 Å². The van der Waals surface area contributed by atoms with E-state index in [-0.39, 0.29) is 18.0 Å². The lowest BCUT2D eigenvalue weighted by Crippen LogP contribution is -2.59. The van der Waals surface area contributed by atoms with Crippen molar-refractivity contribution in [3.8, 4) is 0 Å². The zero-order chi connectivity index (χ0) is 24.0. The number of nitrogens with zero attached hydrogens (tertiary/aromatic N) is 3. The van der Waals surface area contributed by atoms with Gasteiger partial charge in [-0.1, -0.05) is 48.5 Å². The van der Waals surface area contributed by atoms with E-state index in [1.807, 2.05) is 17.0 Å². The van der Waals surface area contributed by atoms with Crippen LogP contribution < -0.4 is 0 Å². The highest BCUT2D eigenvalue weighted by Gasteiger charge is 2.59. The van der Waals surface area contributed by atoms with Crippen molar-refractivity contribution in [3.05, 3.63) is 70.8 Å². The predicted octanol–water partition coefficient (Wildman–Crippen LogP) is 3.46. The van der Waals surface area contributed by atoms with E-state index in [0.29, 0.717) is 32.0 Å². The van der Waals surface area contributed by atoms with Gasteiger partial charge in [-0.25, -0.2) is 4.79 Å². The summed E-state index contributed by atoms with van der Waals surface area (Å²) in [7, 11) is 1.66. The molecule has 3 amide bonds. The minimum absolute atomic E-state index is 0.0186. The second-order valence-electron chi connectivity index (χ2n) is 10.7. The number of carbonyl (C=O) groups is 2. The summed E-state index contributed by atoms with van der Waals surface area (Å²) in [4.78, 5) is 33.8. The first-order valence-electron chi connectivity index (χ1n) is 13.1. The fourth-order valence-corrected chi connectivity index (χ4v) is 7.01. The standard InChI is InChI=1S/C29H35N3O3/c1-35-17-16-31-28(34)32(26-19-23-8-4-5-9-24(23)20-26)27(33)29(31)12-14-30(15-13-29)25-11-10-21-6-2-3-7-22(21)18-25/h2-9,25-26H,10-20H2,1H3. The van der Waals surface area contributed by atoms with Crippen molar-refractivity contribution >= 4 is 11.9 Å². The number of piperidine rings is 1. The number of aryl methyl sites for hydroxylation is 1. The molecular formula is C29H35N3O3. The molecular weight excluding hydrogens is 438 g/mol. The number of ether oxygens (including phenoxy) is 1. The van der Waals surface area contributed by atoms with Crippen molar-refractivity contribution < 1.29 is 14.3 Å². The number of urea groups is 1. The van der Waals surface area contributed by atoms with Crippen LogP contribution in [0.4, 0.5) is 4.79 Å². The lowest BCUT2D eigenvalue weighted by Gasteiger charge is -2.45. The van der Waals surface area contributed by atoms with E-state index in [9.17, 15) is 9.59 Å². The maximum absolute atomic E-state index is 14.1. The number of benzene rings is 2. The third-order valence-electron chi connectivity index (χ3n) is 8.95. The predicted molar refractivity (Wildman–Crippen MR) is 134 cm³/mol. The Balaban J connectivity index is 1.20. The molecule has 0 N–H and O–H groups in total. The van der Waals surface area contributed by atoms with Crippen molar-refractivity contribution in [3.63, 3.8) is 0 Å². The van der Waals surface area contributed by atoms with Gasteiger partial charge in [-0.15, -0.1) is 0 Å². The van der Waals surface area contributed by atoms with Crippen LogP contribution in [0, 0.1) is 0 Å². The number of imide groups is 1. The number of carbonyl (C=O) groups excluding carboxylic acids is 2. The molecule has 0 bridgehead atoms. The van der Waals surface area contributed by atoms with E-state index in [4.69, 9.17) is 4.74 Å². The average molecular weight is 474 g/mol.